The number of benzene rings is 2. The van der Waals surface area contributed by atoms with Crippen molar-refractivity contribution in [3.8, 4) is 16.9 Å². The lowest BCUT2D eigenvalue weighted by Crippen LogP contribution is -2.25. The van der Waals surface area contributed by atoms with Gasteiger partial charge in [0.15, 0.2) is 0 Å². The number of halogens is 1. The van der Waals surface area contributed by atoms with Crippen molar-refractivity contribution in [2.45, 2.75) is 20.8 Å². The SMILES string of the molecule is CC(C)(C)C(=O)Oc1ccc(-c2ccc(F)cc2)cc1. The largest absolute Gasteiger partial charge is 0.426 e. The third kappa shape index (κ3) is 3.44. The first kappa shape index (κ1) is 14.3. The van der Waals surface area contributed by atoms with E-state index in [1.54, 1.807) is 24.3 Å². The Balaban J connectivity index is 2.14. The maximum absolute atomic E-state index is 12.9. The third-order valence-corrected chi connectivity index (χ3v) is 2.85. The summed E-state index contributed by atoms with van der Waals surface area (Å²) in [6, 6.07) is 13.4. The molecule has 0 saturated carbocycles. The van der Waals surface area contributed by atoms with Crippen LogP contribution in [0.15, 0.2) is 48.5 Å². The van der Waals surface area contributed by atoms with Crippen molar-refractivity contribution in [3.63, 3.8) is 0 Å². The summed E-state index contributed by atoms with van der Waals surface area (Å²) in [4.78, 5) is 11.8. The lowest BCUT2D eigenvalue weighted by atomic mass is 9.97. The number of carbonyl (C=O) groups is 1. The Morgan fingerprint density at radius 1 is 0.900 bits per heavy atom. The molecule has 0 saturated heterocycles. The van der Waals surface area contributed by atoms with Gasteiger partial charge in [-0.1, -0.05) is 24.3 Å². The van der Waals surface area contributed by atoms with Gasteiger partial charge < -0.3 is 4.74 Å². The molecule has 2 rings (SSSR count). The predicted octanol–water partition coefficient (Wildman–Crippen LogP) is 4.44. The molecule has 0 radical (unpaired) electrons. The van der Waals surface area contributed by atoms with Crippen LogP contribution in [0.25, 0.3) is 11.1 Å². The van der Waals surface area contributed by atoms with E-state index in [0.717, 1.165) is 11.1 Å². The van der Waals surface area contributed by atoms with Crippen molar-refractivity contribution in [1.29, 1.82) is 0 Å². The van der Waals surface area contributed by atoms with Gasteiger partial charge in [0.05, 0.1) is 5.41 Å². The quantitative estimate of drug-likeness (QED) is 0.596. The minimum atomic E-state index is -0.532. The summed E-state index contributed by atoms with van der Waals surface area (Å²) in [6.45, 7) is 5.42. The van der Waals surface area contributed by atoms with Crippen LogP contribution in [0.1, 0.15) is 20.8 Å². The molecule has 0 aromatic heterocycles. The fourth-order valence-electron chi connectivity index (χ4n) is 1.62. The summed E-state index contributed by atoms with van der Waals surface area (Å²) in [7, 11) is 0. The molecule has 2 aromatic rings. The van der Waals surface area contributed by atoms with E-state index in [-0.39, 0.29) is 11.8 Å². The average molecular weight is 272 g/mol. The number of ether oxygens (including phenoxy) is 1. The molecule has 0 bridgehead atoms. The Morgan fingerprint density at radius 3 is 1.80 bits per heavy atom. The molecule has 0 spiro atoms. The van der Waals surface area contributed by atoms with Gasteiger partial charge in [-0.15, -0.1) is 0 Å². The summed E-state index contributed by atoms with van der Waals surface area (Å²) < 4.78 is 18.2. The maximum Gasteiger partial charge on any atom is 0.316 e. The molecule has 0 heterocycles. The molecule has 0 N–H and O–H groups in total. The molecule has 20 heavy (non-hydrogen) atoms. The molecule has 0 fully saturated rings. The average Bonchev–Trinajstić information content (AvgIpc) is 2.39. The molecule has 0 unspecified atom stereocenters. The standard InChI is InChI=1S/C17H17FO2/c1-17(2,3)16(19)20-15-10-6-13(7-11-15)12-4-8-14(18)9-5-12/h4-11H,1-3H3. The second kappa shape index (κ2) is 5.45. The Hall–Kier alpha value is -2.16. The lowest BCUT2D eigenvalue weighted by Gasteiger charge is -2.16. The van der Waals surface area contributed by atoms with Gasteiger partial charge in [-0.2, -0.15) is 0 Å². The van der Waals surface area contributed by atoms with Crippen LogP contribution >= 0.6 is 0 Å². The molecular formula is C17H17FO2. The Bertz CT molecular complexity index is 592. The van der Waals surface area contributed by atoms with E-state index in [2.05, 4.69) is 0 Å². The van der Waals surface area contributed by atoms with Crippen molar-refractivity contribution in [2.24, 2.45) is 5.41 Å². The molecule has 0 atom stereocenters. The molecule has 2 nitrogen and oxygen atoms in total. The number of hydrogen-bond donors (Lipinski definition) is 0. The summed E-state index contributed by atoms with van der Waals surface area (Å²) >= 11 is 0. The van der Waals surface area contributed by atoms with Crippen molar-refractivity contribution < 1.29 is 13.9 Å². The van der Waals surface area contributed by atoms with Gasteiger partial charge in [0.1, 0.15) is 11.6 Å². The zero-order valence-corrected chi connectivity index (χ0v) is 11.8. The Kier molecular flexibility index (Phi) is 3.89. The molecule has 104 valence electrons. The topological polar surface area (TPSA) is 26.3 Å². The minimum Gasteiger partial charge on any atom is -0.426 e. The number of rotatable bonds is 2. The smallest absolute Gasteiger partial charge is 0.316 e. The van der Waals surface area contributed by atoms with Gasteiger partial charge in [-0.25, -0.2) is 4.39 Å². The van der Waals surface area contributed by atoms with Crippen molar-refractivity contribution >= 4 is 5.97 Å². The highest BCUT2D eigenvalue weighted by Crippen LogP contribution is 2.24. The summed E-state index contributed by atoms with van der Waals surface area (Å²) in [5.74, 6) is -0.0210. The van der Waals surface area contributed by atoms with Crippen LogP contribution in [-0.4, -0.2) is 5.97 Å². The third-order valence-electron chi connectivity index (χ3n) is 2.85. The normalized spacial score (nSPS) is 11.2. The van der Waals surface area contributed by atoms with Crippen LogP contribution in [0.2, 0.25) is 0 Å². The van der Waals surface area contributed by atoms with Gasteiger partial charge in [0.2, 0.25) is 0 Å². The number of esters is 1. The summed E-state index contributed by atoms with van der Waals surface area (Å²) in [5, 5.41) is 0. The summed E-state index contributed by atoms with van der Waals surface area (Å²) in [6.07, 6.45) is 0. The zero-order chi connectivity index (χ0) is 14.8. The van der Waals surface area contributed by atoms with Gasteiger partial charge in [0, 0.05) is 0 Å². The Morgan fingerprint density at radius 2 is 1.35 bits per heavy atom. The van der Waals surface area contributed by atoms with E-state index in [1.165, 1.54) is 12.1 Å². The van der Waals surface area contributed by atoms with Crippen molar-refractivity contribution in [2.75, 3.05) is 0 Å². The fourth-order valence-corrected chi connectivity index (χ4v) is 1.62. The van der Waals surface area contributed by atoms with Crippen molar-refractivity contribution in [3.05, 3.63) is 54.3 Å². The van der Waals surface area contributed by atoms with Gasteiger partial charge in [0.25, 0.3) is 0 Å². The van der Waals surface area contributed by atoms with Gasteiger partial charge in [-0.3, -0.25) is 4.79 Å². The monoisotopic (exact) mass is 272 g/mol. The Labute approximate surface area is 118 Å². The van der Waals surface area contributed by atoms with E-state index in [9.17, 15) is 9.18 Å². The van der Waals surface area contributed by atoms with Crippen molar-refractivity contribution in [1.82, 2.24) is 0 Å². The molecule has 0 aliphatic rings. The highest BCUT2D eigenvalue weighted by Gasteiger charge is 2.23. The van der Waals surface area contributed by atoms with E-state index >= 15 is 0 Å². The molecule has 0 aliphatic carbocycles. The van der Waals surface area contributed by atoms with Crippen LogP contribution < -0.4 is 4.74 Å². The van der Waals surface area contributed by atoms with E-state index in [4.69, 9.17) is 4.74 Å². The van der Waals surface area contributed by atoms with Crippen LogP contribution in [0.5, 0.6) is 5.75 Å². The van der Waals surface area contributed by atoms with Crippen LogP contribution in [-0.2, 0) is 4.79 Å². The second-order valence-electron chi connectivity index (χ2n) is 5.67. The predicted molar refractivity (Wildman–Crippen MR) is 76.9 cm³/mol. The summed E-state index contributed by atoms with van der Waals surface area (Å²) in [5.41, 5.74) is 1.33. The van der Waals surface area contributed by atoms with E-state index < -0.39 is 5.41 Å². The number of carbonyl (C=O) groups excluding carboxylic acids is 1. The van der Waals surface area contributed by atoms with Gasteiger partial charge in [-0.05, 0) is 56.2 Å². The first-order valence-electron chi connectivity index (χ1n) is 6.44. The maximum atomic E-state index is 12.9. The van der Waals surface area contributed by atoms with E-state index in [1.807, 2.05) is 32.9 Å². The number of hydrogen-bond acceptors (Lipinski definition) is 2. The first-order valence-corrected chi connectivity index (χ1v) is 6.44. The lowest BCUT2D eigenvalue weighted by molar-refractivity contribution is -0.142. The molecule has 0 amide bonds. The highest BCUT2D eigenvalue weighted by molar-refractivity contribution is 5.78. The first-order chi connectivity index (χ1) is 9.36. The second-order valence-corrected chi connectivity index (χ2v) is 5.67. The van der Waals surface area contributed by atoms with Crippen LogP contribution in [0, 0.1) is 11.2 Å². The molecule has 2 aromatic carbocycles. The van der Waals surface area contributed by atoms with Gasteiger partial charge >= 0.3 is 5.97 Å². The van der Waals surface area contributed by atoms with Crippen LogP contribution in [0.4, 0.5) is 4.39 Å². The molecule has 3 heteroatoms. The van der Waals surface area contributed by atoms with Crippen LogP contribution in [0.3, 0.4) is 0 Å². The molecular weight excluding hydrogens is 255 g/mol. The van der Waals surface area contributed by atoms with E-state index in [0.29, 0.717) is 5.75 Å². The zero-order valence-electron chi connectivity index (χ0n) is 11.8. The fraction of sp³-hybridized carbons (Fsp3) is 0.235. The highest BCUT2D eigenvalue weighted by atomic mass is 19.1. The minimum absolute atomic E-state index is 0.260. The molecule has 0 aliphatic heterocycles.